The Morgan fingerprint density at radius 3 is 2.44 bits per heavy atom. The molecular weight excluding hydrogens is 108 g/mol. The Morgan fingerprint density at radius 2 is 2.00 bits per heavy atom. The maximum absolute atomic E-state index is 2.37. The van der Waals surface area contributed by atoms with E-state index in [-0.39, 0.29) is 0 Å². The predicted molar refractivity (Wildman–Crippen MR) is 41.4 cm³/mol. The summed E-state index contributed by atoms with van der Waals surface area (Å²) in [7, 11) is 0. The van der Waals surface area contributed by atoms with Gasteiger partial charge in [0.05, 0.1) is 0 Å². The van der Waals surface area contributed by atoms with Gasteiger partial charge in [-0.1, -0.05) is 39.5 Å². The molecule has 0 aromatic heterocycles. The Kier molecular flexibility index (Phi) is 2.56. The van der Waals surface area contributed by atoms with E-state index in [1.165, 1.54) is 32.1 Å². The van der Waals surface area contributed by atoms with Crippen molar-refractivity contribution >= 4 is 0 Å². The summed E-state index contributed by atoms with van der Waals surface area (Å²) in [5.41, 5.74) is 0. The van der Waals surface area contributed by atoms with E-state index < -0.39 is 0 Å². The van der Waals surface area contributed by atoms with Crippen molar-refractivity contribution in [1.82, 2.24) is 0 Å². The van der Waals surface area contributed by atoms with Gasteiger partial charge in [0, 0.05) is 0 Å². The molecule has 0 heteroatoms. The minimum atomic E-state index is 1.07. The first-order valence-electron chi connectivity index (χ1n) is 4.34. The molecule has 0 nitrogen and oxygen atoms in total. The first-order chi connectivity index (χ1) is 4.34. The van der Waals surface area contributed by atoms with E-state index in [4.69, 9.17) is 0 Å². The average molecular weight is 126 g/mol. The third kappa shape index (κ3) is 2.38. The van der Waals surface area contributed by atoms with Crippen molar-refractivity contribution in [3.63, 3.8) is 0 Å². The molecule has 2 atom stereocenters. The van der Waals surface area contributed by atoms with Gasteiger partial charge in [-0.2, -0.15) is 0 Å². The van der Waals surface area contributed by atoms with Crippen LogP contribution in [0.3, 0.4) is 0 Å². The van der Waals surface area contributed by atoms with Crippen LogP contribution in [-0.4, -0.2) is 0 Å². The Hall–Kier alpha value is 0. The molecule has 1 aliphatic carbocycles. The van der Waals surface area contributed by atoms with Gasteiger partial charge in [-0.3, -0.25) is 0 Å². The monoisotopic (exact) mass is 126 g/mol. The van der Waals surface area contributed by atoms with E-state index in [1.54, 1.807) is 0 Å². The van der Waals surface area contributed by atoms with Crippen molar-refractivity contribution in [2.75, 3.05) is 0 Å². The first kappa shape index (κ1) is 7.11. The number of unbranched alkanes of at least 4 members (excludes halogenated alkanes) is 2. The van der Waals surface area contributed by atoms with Gasteiger partial charge in [-0.15, -0.1) is 0 Å². The largest absolute Gasteiger partial charge is 0.0654 e. The molecule has 0 unspecified atom stereocenters. The lowest BCUT2D eigenvalue weighted by molar-refractivity contribution is 0.595. The second-order valence-corrected chi connectivity index (χ2v) is 3.47. The zero-order chi connectivity index (χ0) is 6.69. The molecule has 0 saturated heterocycles. The van der Waals surface area contributed by atoms with Crippen molar-refractivity contribution in [3.05, 3.63) is 0 Å². The van der Waals surface area contributed by atoms with Crippen LogP contribution in [0.4, 0.5) is 0 Å². The number of hydrogen-bond donors (Lipinski definition) is 0. The molecule has 0 amide bonds. The van der Waals surface area contributed by atoms with Crippen molar-refractivity contribution < 1.29 is 0 Å². The van der Waals surface area contributed by atoms with Crippen LogP contribution in [0, 0.1) is 11.8 Å². The highest BCUT2D eigenvalue weighted by Crippen LogP contribution is 2.41. The fourth-order valence-corrected chi connectivity index (χ4v) is 1.46. The van der Waals surface area contributed by atoms with Gasteiger partial charge in [-0.25, -0.2) is 0 Å². The lowest BCUT2D eigenvalue weighted by Gasteiger charge is -1.94. The normalized spacial score (nSPS) is 32.7. The van der Waals surface area contributed by atoms with Gasteiger partial charge in [0.15, 0.2) is 0 Å². The highest BCUT2D eigenvalue weighted by atomic mass is 14.4. The Labute approximate surface area is 58.7 Å². The minimum absolute atomic E-state index is 1.07. The molecule has 1 fully saturated rings. The second kappa shape index (κ2) is 3.24. The standard InChI is InChI=1S/C9H18/c1-3-4-5-6-9-7-8(9)2/h8-9H,3-7H2,1-2H3/t8-,9+/m0/s1. The highest BCUT2D eigenvalue weighted by Gasteiger charge is 2.30. The Balaban J connectivity index is 1.83. The van der Waals surface area contributed by atoms with Gasteiger partial charge in [0.25, 0.3) is 0 Å². The van der Waals surface area contributed by atoms with Crippen LogP contribution in [0.25, 0.3) is 0 Å². The molecule has 0 aromatic rings. The number of rotatable bonds is 4. The molecule has 0 radical (unpaired) electrons. The van der Waals surface area contributed by atoms with Gasteiger partial charge in [-0.05, 0) is 18.3 Å². The van der Waals surface area contributed by atoms with Gasteiger partial charge in [0.1, 0.15) is 0 Å². The van der Waals surface area contributed by atoms with Crippen LogP contribution in [0.5, 0.6) is 0 Å². The fourth-order valence-electron chi connectivity index (χ4n) is 1.46. The molecule has 54 valence electrons. The quantitative estimate of drug-likeness (QED) is 0.507. The molecule has 0 spiro atoms. The summed E-state index contributed by atoms with van der Waals surface area (Å²) >= 11 is 0. The SMILES string of the molecule is CCCCC[C@@H]1C[C@@H]1C. The molecule has 0 aromatic carbocycles. The molecule has 1 aliphatic rings. The number of hydrogen-bond acceptors (Lipinski definition) is 0. The van der Waals surface area contributed by atoms with E-state index in [1.807, 2.05) is 0 Å². The molecule has 0 aliphatic heterocycles. The van der Waals surface area contributed by atoms with E-state index in [0.29, 0.717) is 0 Å². The lowest BCUT2D eigenvalue weighted by atomic mass is 10.1. The average Bonchev–Trinajstić information content (AvgIpc) is 2.48. The summed E-state index contributed by atoms with van der Waals surface area (Å²) in [4.78, 5) is 0. The van der Waals surface area contributed by atoms with Crippen LogP contribution in [0.1, 0.15) is 46.0 Å². The zero-order valence-corrected chi connectivity index (χ0v) is 6.69. The van der Waals surface area contributed by atoms with Crippen molar-refractivity contribution in [2.24, 2.45) is 11.8 Å². The zero-order valence-electron chi connectivity index (χ0n) is 6.69. The summed E-state index contributed by atoms with van der Waals surface area (Å²) in [6.07, 6.45) is 7.33. The summed E-state index contributed by atoms with van der Waals surface area (Å²) < 4.78 is 0. The lowest BCUT2D eigenvalue weighted by Crippen LogP contribution is -1.79. The van der Waals surface area contributed by atoms with Crippen LogP contribution in [-0.2, 0) is 0 Å². The van der Waals surface area contributed by atoms with E-state index in [0.717, 1.165) is 11.8 Å². The molecular formula is C9H18. The molecule has 0 bridgehead atoms. The predicted octanol–water partition coefficient (Wildman–Crippen LogP) is 3.22. The van der Waals surface area contributed by atoms with Crippen molar-refractivity contribution in [3.8, 4) is 0 Å². The molecule has 0 N–H and O–H groups in total. The molecule has 9 heavy (non-hydrogen) atoms. The van der Waals surface area contributed by atoms with Crippen LogP contribution >= 0.6 is 0 Å². The summed E-state index contributed by atoms with van der Waals surface area (Å²) in [6.45, 7) is 4.65. The summed E-state index contributed by atoms with van der Waals surface area (Å²) in [6, 6.07) is 0. The third-order valence-electron chi connectivity index (χ3n) is 2.45. The summed E-state index contributed by atoms with van der Waals surface area (Å²) in [5, 5.41) is 0. The van der Waals surface area contributed by atoms with E-state index in [9.17, 15) is 0 Å². The van der Waals surface area contributed by atoms with E-state index in [2.05, 4.69) is 13.8 Å². The molecule has 1 saturated carbocycles. The minimum Gasteiger partial charge on any atom is -0.0654 e. The first-order valence-corrected chi connectivity index (χ1v) is 4.34. The highest BCUT2D eigenvalue weighted by molar-refractivity contribution is 4.81. The van der Waals surface area contributed by atoms with Crippen LogP contribution < -0.4 is 0 Å². The smallest absolute Gasteiger partial charge is 0.0386 e. The van der Waals surface area contributed by atoms with Crippen molar-refractivity contribution in [2.45, 2.75) is 46.0 Å². The van der Waals surface area contributed by atoms with Gasteiger partial charge in [0.2, 0.25) is 0 Å². The van der Waals surface area contributed by atoms with Crippen LogP contribution in [0.15, 0.2) is 0 Å². The summed E-state index contributed by atoms with van der Waals surface area (Å²) in [5.74, 6) is 2.19. The van der Waals surface area contributed by atoms with Gasteiger partial charge < -0.3 is 0 Å². The maximum Gasteiger partial charge on any atom is -0.0386 e. The van der Waals surface area contributed by atoms with Gasteiger partial charge >= 0.3 is 0 Å². The maximum atomic E-state index is 2.37. The second-order valence-electron chi connectivity index (χ2n) is 3.47. The molecule has 1 rings (SSSR count). The fraction of sp³-hybridized carbons (Fsp3) is 1.00. The molecule has 0 heterocycles. The topological polar surface area (TPSA) is 0 Å². The van der Waals surface area contributed by atoms with Crippen LogP contribution in [0.2, 0.25) is 0 Å². The third-order valence-corrected chi connectivity index (χ3v) is 2.45. The Morgan fingerprint density at radius 1 is 1.33 bits per heavy atom. The van der Waals surface area contributed by atoms with Crippen molar-refractivity contribution in [1.29, 1.82) is 0 Å². The Bertz CT molecular complexity index is 76.1. The van der Waals surface area contributed by atoms with E-state index >= 15 is 0 Å².